The van der Waals surface area contributed by atoms with Gasteiger partial charge in [0, 0.05) is 5.56 Å². The molecular formula is C16H17ClN4O3. The van der Waals surface area contributed by atoms with Crippen molar-refractivity contribution in [3.8, 4) is 23.5 Å². The van der Waals surface area contributed by atoms with Crippen molar-refractivity contribution in [2.75, 3.05) is 6.61 Å². The van der Waals surface area contributed by atoms with Gasteiger partial charge >= 0.3 is 6.08 Å². The summed E-state index contributed by atoms with van der Waals surface area (Å²) in [5, 5.41) is 16.1. The second-order valence-electron chi connectivity index (χ2n) is 5.67. The Bertz CT molecular complexity index is 769. The number of nitriles is 1. The van der Waals surface area contributed by atoms with Gasteiger partial charge in [-0.25, -0.2) is 0 Å². The van der Waals surface area contributed by atoms with Gasteiger partial charge in [-0.05, 0) is 25.0 Å². The third-order valence-electron chi connectivity index (χ3n) is 3.63. The molecule has 0 fully saturated rings. The summed E-state index contributed by atoms with van der Waals surface area (Å²) in [7, 11) is 0. The summed E-state index contributed by atoms with van der Waals surface area (Å²) < 4.78 is 10.1. The maximum atomic E-state index is 11.9. The lowest BCUT2D eigenvalue weighted by molar-refractivity contribution is -0.125. The lowest BCUT2D eigenvalue weighted by Crippen LogP contribution is -2.50. The monoisotopic (exact) mass is 348 g/mol. The van der Waals surface area contributed by atoms with Gasteiger partial charge in [-0.15, -0.1) is 0 Å². The van der Waals surface area contributed by atoms with Gasteiger partial charge in [0.2, 0.25) is 5.82 Å². The van der Waals surface area contributed by atoms with E-state index in [0.29, 0.717) is 10.6 Å². The Hall–Kier alpha value is -2.59. The summed E-state index contributed by atoms with van der Waals surface area (Å²) in [4.78, 5) is 16.0. The number of rotatable bonds is 6. The number of amides is 1. The SMILES string of the molecule is CC(C)C(C)(C#N)NC(=O)COc1nc(-c2ccccc2Cl)no1. The molecule has 1 aromatic heterocycles. The third kappa shape index (κ3) is 4.03. The average Bonchev–Trinajstić information content (AvgIpc) is 3.01. The zero-order valence-corrected chi connectivity index (χ0v) is 14.3. The number of benzene rings is 1. The number of aromatic nitrogens is 2. The average molecular weight is 349 g/mol. The molecule has 1 N–H and O–H groups in total. The standard InChI is InChI=1S/C16H17ClN4O3/c1-10(2)16(3,9-18)20-13(22)8-23-15-19-14(21-24-15)11-6-4-5-7-12(11)17/h4-7,10H,8H2,1-3H3,(H,20,22). The second kappa shape index (κ2) is 7.32. The molecule has 0 radical (unpaired) electrons. The summed E-state index contributed by atoms with van der Waals surface area (Å²) >= 11 is 6.06. The molecule has 1 atom stereocenters. The van der Waals surface area contributed by atoms with Crippen LogP contribution in [0.5, 0.6) is 6.08 Å². The van der Waals surface area contributed by atoms with Crippen molar-refractivity contribution in [3.05, 3.63) is 29.3 Å². The van der Waals surface area contributed by atoms with Gasteiger partial charge in [-0.2, -0.15) is 10.2 Å². The Morgan fingerprint density at radius 1 is 1.50 bits per heavy atom. The number of nitrogens with zero attached hydrogens (tertiary/aromatic N) is 3. The van der Waals surface area contributed by atoms with E-state index in [1.165, 1.54) is 0 Å². The van der Waals surface area contributed by atoms with E-state index in [1.807, 2.05) is 13.8 Å². The van der Waals surface area contributed by atoms with Crippen LogP contribution < -0.4 is 10.1 Å². The second-order valence-corrected chi connectivity index (χ2v) is 6.08. The van der Waals surface area contributed by atoms with Crippen LogP contribution in [-0.2, 0) is 4.79 Å². The molecule has 0 aliphatic heterocycles. The van der Waals surface area contributed by atoms with E-state index in [-0.39, 0.29) is 24.4 Å². The Kier molecular flexibility index (Phi) is 5.42. The maximum absolute atomic E-state index is 11.9. The number of carbonyl (C=O) groups is 1. The van der Waals surface area contributed by atoms with Crippen LogP contribution in [0.1, 0.15) is 20.8 Å². The zero-order chi connectivity index (χ0) is 17.7. The van der Waals surface area contributed by atoms with E-state index in [1.54, 1.807) is 31.2 Å². The van der Waals surface area contributed by atoms with Gasteiger partial charge in [-0.1, -0.05) is 42.7 Å². The van der Waals surface area contributed by atoms with Gasteiger partial charge in [0.05, 0.1) is 11.1 Å². The highest BCUT2D eigenvalue weighted by molar-refractivity contribution is 6.33. The van der Waals surface area contributed by atoms with Crippen molar-refractivity contribution in [1.29, 1.82) is 5.26 Å². The first kappa shape index (κ1) is 17.8. The molecule has 2 rings (SSSR count). The fourth-order valence-electron chi connectivity index (χ4n) is 1.77. The number of hydrogen-bond donors (Lipinski definition) is 1. The number of hydrogen-bond acceptors (Lipinski definition) is 6. The fourth-order valence-corrected chi connectivity index (χ4v) is 1.99. The molecule has 126 valence electrons. The first-order valence-electron chi connectivity index (χ1n) is 7.29. The molecule has 1 aromatic carbocycles. The van der Waals surface area contributed by atoms with Gasteiger partial charge in [0.1, 0.15) is 5.54 Å². The molecular weight excluding hydrogens is 332 g/mol. The molecule has 0 saturated heterocycles. The molecule has 0 aliphatic carbocycles. The van der Waals surface area contributed by atoms with Crippen molar-refractivity contribution in [3.63, 3.8) is 0 Å². The molecule has 0 saturated carbocycles. The van der Waals surface area contributed by atoms with Crippen LogP contribution >= 0.6 is 11.6 Å². The van der Waals surface area contributed by atoms with E-state index in [4.69, 9.17) is 20.9 Å². The van der Waals surface area contributed by atoms with Crippen LogP contribution in [-0.4, -0.2) is 28.2 Å². The van der Waals surface area contributed by atoms with Crippen LogP contribution in [0.4, 0.5) is 0 Å². The minimum absolute atomic E-state index is 0.0540. The van der Waals surface area contributed by atoms with Crippen LogP contribution in [0.25, 0.3) is 11.4 Å². The molecule has 0 aliphatic rings. The number of nitrogens with one attached hydrogen (secondary N) is 1. The quantitative estimate of drug-likeness (QED) is 0.861. The highest BCUT2D eigenvalue weighted by atomic mass is 35.5. The number of halogens is 1. The molecule has 1 heterocycles. The highest BCUT2D eigenvalue weighted by Crippen LogP contribution is 2.26. The van der Waals surface area contributed by atoms with Crippen molar-refractivity contribution >= 4 is 17.5 Å². The van der Waals surface area contributed by atoms with Crippen LogP contribution in [0, 0.1) is 17.2 Å². The van der Waals surface area contributed by atoms with E-state index in [9.17, 15) is 10.1 Å². The highest BCUT2D eigenvalue weighted by Gasteiger charge is 2.30. The number of carbonyl (C=O) groups excluding carboxylic acids is 1. The van der Waals surface area contributed by atoms with E-state index in [0.717, 1.165) is 0 Å². The summed E-state index contributed by atoms with van der Waals surface area (Å²) in [6.45, 7) is 5.00. The molecule has 1 unspecified atom stereocenters. The lowest BCUT2D eigenvalue weighted by atomic mass is 9.90. The number of ether oxygens (including phenoxy) is 1. The largest absolute Gasteiger partial charge is 0.439 e. The molecule has 0 bridgehead atoms. The Morgan fingerprint density at radius 2 is 2.21 bits per heavy atom. The van der Waals surface area contributed by atoms with E-state index in [2.05, 4.69) is 21.5 Å². The lowest BCUT2D eigenvalue weighted by Gasteiger charge is -2.26. The molecule has 1 amide bonds. The normalized spacial score (nSPS) is 13.2. The van der Waals surface area contributed by atoms with Crippen molar-refractivity contribution < 1.29 is 14.1 Å². The summed E-state index contributed by atoms with van der Waals surface area (Å²) in [6.07, 6.45) is -0.150. The minimum Gasteiger partial charge on any atom is -0.439 e. The molecule has 7 nitrogen and oxygen atoms in total. The van der Waals surface area contributed by atoms with Gasteiger partial charge in [-0.3, -0.25) is 9.32 Å². The van der Waals surface area contributed by atoms with Crippen molar-refractivity contribution in [1.82, 2.24) is 15.5 Å². The molecule has 0 spiro atoms. The summed E-state index contributed by atoms with van der Waals surface area (Å²) in [6, 6.07) is 9.11. The fraction of sp³-hybridized carbons (Fsp3) is 0.375. The van der Waals surface area contributed by atoms with Crippen LogP contribution in [0.3, 0.4) is 0 Å². The van der Waals surface area contributed by atoms with Gasteiger partial charge in [0.25, 0.3) is 5.91 Å². The predicted molar refractivity (Wildman–Crippen MR) is 87.2 cm³/mol. The first-order chi connectivity index (χ1) is 11.4. The summed E-state index contributed by atoms with van der Waals surface area (Å²) in [5.74, 6) is -0.244. The Morgan fingerprint density at radius 3 is 2.83 bits per heavy atom. The van der Waals surface area contributed by atoms with E-state index < -0.39 is 11.4 Å². The van der Waals surface area contributed by atoms with Crippen LogP contribution in [0.2, 0.25) is 5.02 Å². The van der Waals surface area contributed by atoms with E-state index >= 15 is 0 Å². The zero-order valence-electron chi connectivity index (χ0n) is 13.5. The van der Waals surface area contributed by atoms with Gasteiger partial charge in [0.15, 0.2) is 6.61 Å². The molecule has 8 heteroatoms. The Labute approximate surface area is 144 Å². The molecule has 2 aromatic rings. The van der Waals surface area contributed by atoms with Crippen LogP contribution in [0.15, 0.2) is 28.8 Å². The Balaban J connectivity index is 1.98. The molecule has 24 heavy (non-hydrogen) atoms. The summed E-state index contributed by atoms with van der Waals surface area (Å²) in [5.41, 5.74) is -0.378. The predicted octanol–water partition coefficient (Wildman–Crippen LogP) is 2.82. The minimum atomic E-state index is -0.974. The third-order valence-corrected chi connectivity index (χ3v) is 3.96. The smallest absolute Gasteiger partial charge is 0.418 e. The van der Waals surface area contributed by atoms with Crippen molar-refractivity contribution in [2.45, 2.75) is 26.3 Å². The van der Waals surface area contributed by atoms with Crippen molar-refractivity contribution in [2.24, 2.45) is 5.92 Å². The topological polar surface area (TPSA) is 101 Å². The maximum Gasteiger partial charge on any atom is 0.418 e. The van der Waals surface area contributed by atoms with Gasteiger partial charge < -0.3 is 10.1 Å². The first-order valence-corrected chi connectivity index (χ1v) is 7.67.